The second-order valence-corrected chi connectivity index (χ2v) is 4.48. The van der Waals surface area contributed by atoms with E-state index in [1.54, 1.807) is 12.1 Å². The van der Waals surface area contributed by atoms with Crippen molar-refractivity contribution in [2.75, 3.05) is 5.73 Å². The van der Waals surface area contributed by atoms with Gasteiger partial charge in [0.05, 0.1) is 11.4 Å². The van der Waals surface area contributed by atoms with Gasteiger partial charge >= 0.3 is 0 Å². The van der Waals surface area contributed by atoms with Crippen LogP contribution in [0.15, 0.2) is 64.8 Å². The van der Waals surface area contributed by atoms with Crippen LogP contribution in [-0.2, 0) is 0 Å². The van der Waals surface area contributed by atoms with Crippen molar-refractivity contribution in [1.29, 1.82) is 0 Å². The molecule has 3 heteroatoms. The number of hydrogen-bond acceptors (Lipinski definition) is 3. The Balaban J connectivity index is 0.000000347. The van der Waals surface area contributed by atoms with Crippen LogP contribution in [0.3, 0.4) is 0 Å². The highest BCUT2D eigenvalue weighted by molar-refractivity contribution is 5.47. The summed E-state index contributed by atoms with van der Waals surface area (Å²) in [5.74, 6) is 0. The Hall–Kier alpha value is -2.16. The molecule has 2 N–H and O–H groups in total. The maximum absolute atomic E-state index is 5.56. The van der Waals surface area contributed by atoms with Crippen LogP contribution in [0.1, 0.15) is 33.1 Å². The third-order valence-electron chi connectivity index (χ3n) is 2.64. The standard InChI is InChI=1S/C12H11N3.C5H12/c13-10-6-8-12(9-7-10)15-14-11-4-2-1-3-5-11;1-3-5-4-2/h1-9H,13H2;3-5H2,1-2H3. The van der Waals surface area contributed by atoms with E-state index in [0.29, 0.717) is 0 Å². The van der Waals surface area contributed by atoms with Crippen LogP contribution in [-0.4, -0.2) is 0 Å². The smallest absolute Gasteiger partial charge is 0.0858 e. The van der Waals surface area contributed by atoms with E-state index in [4.69, 9.17) is 5.73 Å². The number of benzene rings is 2. The number of hydrogen-bond donors (Lipinski definition) is 1. The van der Waals surface area contributed by atoms with Gasteiger partial charge in [-0.3, -0.25) is 0 Å². The fourth-order valence-electron chi connectivity index (χ4n) is 1.50. The van der Waals surface area contributed by atoms with E-state index in [1.807, 2.05) is 42.5 Å². The number of nitrogens with zero attached hydrogens (tertiary/aromatic N) is 2. The normalized spacial score (nSPS) is 10.1. The van der Waals surface area contributed by atoms with Gasteiger partial charge in [-0.25, -0.2) is 0 Å². The quantitative estimate of drug-likeness (QED) is 0.546. The van der Waals surface area contributed by atoms with Crippen LogP contribution < -0.4 is 5.73 Å². The van der Waals surface area contributed by atoms with Crippen molar-refractivity contribution in [3.63, 3.8) is 0 Å². The maximum Gasteiger partial charge on any atom is 0.0858 e. The molecule has 0 atom stereocenters. The first-order chi connectivity index (χ1) is 9.76. The van der Waals surface area contributed by atoms with E-state index in [0.717, 1.165) is 17.1 Å². The molecule has 0 radical (unpaired) electrons. The summed E-state index contributed by atoms with van der Waals surface area (Å²) in [6, 6.07) is 16.9. The van der Waals surface area contributed by atoms with E-state index < -0.39 is 0 Å². The third kappa shape index (κ3) is 6.69. The van der Waals surface area contributed by atoms with Gasteiger partial charge in [-0.15, -0.1) is 0 Å². The molecule has 0 heterocycles. The Labute approximate surface area is 121 Å². The lowest BCUT2D eigenvalue weighted by atomic mass is 10.3. The van der Waals surface area contributed by atoms with Gasteiger partial charge in [0.1, 0.15) is 0 Å². The van der Waals surface area contributed by atoms with Crippen LogP contribution in [0.25, 0.3) is 0 Å². The highest BCUT2D eigenvalue weighted by atomic mass is 15.1. The minimum Gasteiger partial charge on any atom is -0.399 e. The predicted molar refractivity (Wildman–Crippen MR) is 86.7 cm³/mol. The molecule has 20 heavy (non-hydrogen) atoms. The monoisotopic (exact) mass is 269 g/mol. The third-order valence-corrected chi connectivity index (χ3v) is 2.64. The second kappa shape index (κ2) is 9.73. The molecule has 0 saturated carbocycles. The summed E-state index contributed by atoms with van der Waals surface area (Å²) < 4.78 is 0. The van der Waals surface area contributed by atoms with Gasteiger partial charge in [0.2, 0.25) is 0 Å². The Morgan fingerprint density at radius 3 is 1.70 bits per heavy atom. The van der Waals surface area contributed by atoms with Gasteiger partial charge in [0, 0.05) is 5.69 Å². The molecule has 0 aliphatic carbocycles. The minimum absolute atomic E-state index is 0.730. The van der Waals surface area contributed by atoms with Crippen LogP contribution in [0.4, 0.5) is 17.1 Å². The number of unbranched alkanes of at least 4 members (excludes halogenated alkanes) is 2. The van der Waals surface area contributed by atoms with Crippen molar-refractivity contribution in [2.24, 2.45) is 10.2 Å². The molecule has 2 rings (SSSR count). The average molecular weight is 269 g/mol. The summed E-state index contributed by atoms with van der Waals surface area (Å²) in [5, 5.41) is 8.18. The van der Waals surface area contributed by atoms with Gasteiger partial charge in [-0.05, 0) is 36.4 Å². The first kappa shape index (κ1) is 15.9. The van der Waals surface area contributed by atoms with Crippen molar-refractivity contribution >= 4 is 17.1 Å². The first-order valence-corrected chi connectivity index (χ1v) is 7.08. The van der Waals surface area contributed by atoms with Crippen molar-refractivity contribution in [2.45, 2.75) is 33.1 Å². The SMILES string of the molecule is CCCCC.Nc1ccc(N=Nc2ccccc2)cc1. The van der Waals surface area contributed by atoms with Crippen LogP contribution >= 0.6 is 0 Å². The van der Waals surface area contributed by atoms with Crippen molar-refractivity contribution in [3.8, 4) is 0 Å². The highest BCUT2D eigenvalue weighted by Gasteiger charge is 1.89. The number of rotatable bonds is 4. The topological polar surface area (TPSA) is 50.7 Å². The fraction of sp³-hybridized carbons (Fsp3) is 0.294. The number of anilines is 1. The largest absolute Gasteiger partial charge is 0.399 e. The van der Waals surface area contributed by atoms with E-state index in [9.17, 15) is 0 Å². The highest BCUT2D eigenvalue weighted by Crippen LogP contribution is 2.18. The number of azo groups is 1. The lowest BCUT2D eigenvalue weighted by molar-refractivity contribution is 0.772. The van der Waals surface area contributed by atoms with Gasteiger partial charge in [-0.2, -0.15) is 10.2 Å². The lowest BCUT2D eigenvalue weighted by Crippen LogP contribution is -1.80. The van der Waals surface area contributed by atoms with Gasteiger partial charge in [0.25, 0.3) is 0 Å². The molecule has 106 valence electrons. The summed E-state index contributed by atoms with van der Waals surface area (Å²) in [5.41, 5.74) is 7.93. The van der Waals surface area contributed by atoms with Crippen molar-refractivity contribution in [3.05, 3.63) is 54.6 Å². The number of nitrogens with two attached hydrogens (primary N) is 1. The molecule has 0 bridgehead atoms. The van der Waals surface area contributed by atoms with Crippen LogP contribution in [0, 0.1) is 0 Å². The van der Waals surface area contributed by atoms with Gasteiger partial charge in [-0.1, -0.05) is 51.3 Å². The fourth-order valence-corrected chi connectivity index (χ4v) is 1.50. The minimum atomic E-state index is 0.730. The molecule has 0 aliphatic heterocycles. The molecular weight excluding hydrogens is 246 g/mol. The zero-order valence-corrected chi connectivity index (χ0v) is 12.3. The van der Waals surface area contributed by atoms with E-state index in [2.05, 4.69) is 24.1 Å². The van der Waals surface area contributed by atoms with Crippen LogP contribution in [0.5, 0.6) is 0 Å². The molecule has 2 aromatic carbocycles. The summed E-state index contributed by atoms with van der Waals surface area (Å²) >= 11 is 0. The molecule has 0 fully saturated rings. The molecular formula is C17H23N3. The van der Waals surface area contributed by atoms with Crippen LogP contribution in [0.2, 0.25) is 0 Å². The average Bonchev–Trinajstić information content (AvgIpc) is 2.49. The number of nitrogen functional groups attached to an aromatic ring is 1. The summed E-state index contributed by atoms with van der Waals surface area (Å²) in [6.07, 6.45) is 4.08. The maximum atomic E-state index is 5.56. The Morgan fingerprint density at radius 2 is 1.25 bits per heavy atom. The summed E-state index contributed by atoms with van der Waals surface area (Å²) in [7, 11) is 0. The Kier molecular flexibility index (Phi) is 7.73. The molecule has 0 unspecified atom stereocenters. The van der Waals surface area contributed by atoms with Gasteiger partial charge in [0.15, 0.2) is 0 Å². The first-order valence-electron chi connectivity index (χ1n) is 7.08. The predicted octanol–water partition coefficient (Wildman–Crippen LogP) is 5.88. The Morgan fingerprint density at radius 1 is 0.750 bits per heavy atom. The molecule has 3 nitrogen and oxygen atoms in total. The molecule has 0 aliphatic rings. The summed E-state index contributed by atoms with van der Waals surface area (Å²) in [4.78, 5) is 0. The molecule has 0 spiro atoms. The Bertz CT molecular complexity index is 487. The van der Waals surface area contributed by atoms with Crippen molar-refractivity contribution in [1.82, 2.24) is 0 Å². The van der Waals surface area contributed by atoms with Crippen molar-refractivity contribution < 1.29 is 0 Å². The summed E-state index contributed by atoms with van der Waals surface area (Å²) in [6.45, 7) is 4.42. The zero-order chi connectivity index (χ0) is 14.6. The van der Waals surface area contributed by atoms with E-state index >= 15 is 0 Å². The van der Waals surface area contributed by atoms with E-state index in [-0.39, 0.29) is 0 Å². The second-order valence-electron chi connectivity index (χ2n) is 4.48. The molecule has 0 amide bonds. The molecule has 0 saturated heterocycles. The zero-order valence-electron chi connectivity index (χ0n) is 12.3. The lowest BCUT2D eigenvalue weighted by Gasteiger charge is -1.93. The molecule has 2 aromatic rings. The van der Waals surface area contributed by atoms with Gasteiger partial charge < -0.3 is 5.73 Å². The molecule has 0 aromatic heterocycles. The van der Waals surface area contributed by atoms with E-state index in [1.165, 1.54) is 19.3 Å².